The summed E-state index contributed by atoms with van der Waals surface area (Å²) < 4.78 is 31.6. The summed E-state index contributed by atoms with van der Waals surface area (Å²) in [5.74, 6) is -0.483. The summed E-state index contributed by atoms with van der Waals surface area (Å²) in [5, 5.41) is 5.48. The summed E-state index contributed by atoms with van der Waals surface area (Å²) in [6.07, 6.45) is 2.21. The molecule has 2 aromatic carbocycles. The van der Waals surface area contributed by atoms with Crippen molar-refractivity contribution in [3.05, 3.63) is 78.1 Å². The van der Waals surface area contributed by atoms with Gasteiger partial charge in [0.15, 0.2) is 0 Å². The van der Waals surface area contributed by atoms with Crippen molar-refractivity contribution in [2.24, 2.45) is 0 Å². The summed E-state index contributed by atoms with van der Waals surface area (Å²) in [5.41, 5.74) is 3.01. The molecule has 9 nitrogen and oxygen atoms in total. The minimum atomic E-state index is -3.57. The summed E-state index contributed by atoms with van der Waals surface area (Å²) in [4.78, 5) is 30.1. The first-order valence-electron chi connectivity index (χ1n) is 11.7. The van der Waals surface area contributed by atoms with E-state index in [0.29, 0.717) is 11.3 Å². The van der Waals surface area contributed by atoms with Gasteiger partial charge in [0.25, 0.3) is 0 Å². The zero-order chi connectivity index (χ0) is 27.2. The van der Waals surface area contributed by atoms with Crippen LogP contribution < -0.4 is 15.4 Å². The molecule has 1 aromatic heterocycles. The molecular formula is C27H32N4O5S. The van der Waals surface area contributed by atoms with Gasteiger partial charge in [0, 0.05) is 24.0 Å². The van der Waals surface area contributed by atoms with Crippen molar-refractivity contribution in [2.45, 2.75) is 45.8 Å². The molecule has 2 amide bonds. The largest absolute Gasteiger partial charge is 0.444 e. The van der Waals surface area contributed by atoms with E-state index in [-0.39, 0.29) is 12.1 Å². The quantitative estimate of drug-likeness (QED) is 0.398. The number of sulfonamides is 1. The van der Waals surface area contributed by atoms with Gasteiger partial charge in [0.05, 0.1) is 11.9 Å². The number of aromatic nitrogens is 1. The van der Waals surface area contributed by atoms with Crippen LogP contribution in [-0.4, -0.2) is 43.3 Å². The third kappa shape index (κ3) is 9.23. The fraction of sp³-hybridized carbons (Fsp3) is 0.296. The normalized spacial score (nSPS) is 12.4. The van der Waals surface area contributed by atoms with Gasteiger partial charge in [-0.2, -0.15) is 0 Å². The molecule has 196 valence electrons. The summed E-state index contributed by atoms with van der Waals surface area (Å²) in [7, 11) is -3.57. The first-order chi connectivity index (χ1) is 17.3. The Kier molecular flexibility index (Phi) is 8.54. The van der Waals surface area contributed by atoms with Gasteiger partial charge in [-0.25, -0.2) is 13.2 Å². The lowest BCUT2D eigenvalue weighted by atomic mass is 10.0. The van der Waals surface area contributed by atoms with Gasteiger partial charge >= 0.3 is 6.09 Å². The highest BCUT2D eigenvalue weighted by atomic mass is 32.2. The zero-order valence-electron chi connectivity index (χ0n) is 21.5. The molecule has 0 aliphatic rings. The number of rotatable bonds is 8. The zero-order valence-corrected chi connectivity index (χ0v) is 22.3. The Morgan fingerprint density at radius 2 is 1.65 bits per heavy atom. The monoisotopic (exact) mass is 524 g/mol. The van der Waals surface area contributed by atoms with Crippen LogP contribution in [-0.2, 0) is 26.0 Å². The summed E-state index contributed by atoms with van der Waals surface area (Å²) in [6.45, 7) is 7.06. The molecule has 0 saturated heterocycles. The Morgan fingerprint density at radius 1 is 0.973 bits per heavy atom. The van der Waals surface area contributed by atoms with Crippen molar-refractivity contribution in [2.75, 3.05) is 16.3 Å². The van der Waals surface area contributed by atoms with Crippen LogP contribution in [0.15, 0.2) is 66.9 Å². The molecule has 3 N–H and O–H groups in total. The maximum Gasteiger partial charge on any atom is 0.408 e. The number of nitrogens with one attached hydrogen (secondary N) is 3. The van der Waals surface area contributed by atoms with Crippen molar-refractivity contribution in [1.82, 2.24) is 10.3 Å². The molecule has 0 aliphatic heterocycles. The Morgan fingerprint density at radius 3 is 2.27 bits per heavy atom. The second-order valence-electron chi connectivity index (χ2n) is 9.74. The van der Waals surface area contributed by atoms with Gasteiger partial charge in [-0.15, -0.1) is 0 Å². The molecule has 1 atom stereocenters. The van der Waals surface area contributed by atoms with Gasteiger partial charge in [0.2, 0.25) is 15.9 Å². The standard InChI is InChI=1S/C27H32N4O5S/c1-18-13-20(11-12-28-18)21-15-22(17-23(16-21)31-37(5,34)35)29-25(32)24(14-19-9-7-6-8-10-19)30-26(33)36-27(2,3)4/h6-13,15-17,24,31H,14H2,1-5H3,(H,29,32)(H,30,33)/t24-/m0/s1. The second kappa shape index (κ2) is 11.4. The number of carbonyl (C=O) groups is 2. The van der Waals surface area contributed by atoms with E-state index in [1.807, 2.05) is 43.3 Å². The van der Waals surface area contributed by atoms with Crippen molar-refractivity contribution in [1.29, 1.82) is 0 Å². The molecule has 3 rings (SSSR count). The number of hydrogen-bond acceptors (Lipinski definition) is 6. The molecule has 1 heterocycles. The number of alkyl carbamates (subject to hydrolysis) is 1. The van der Waals surface area contributed by atoms with Crippen LogP contribution in [0.2, 0.25) is 0 Å². The highest BCUT2D eigenvalue weighted by Crippen LogP contribution is 2.28. The molecule has 37 heavy (non-hydrogen) atoms. The summed E-state index contributed by atoms with van der Waals surface area (Å²) >= 11 is 0. The predicted molar refractivity (Wildman–Crippen MR) is 145 cm³/mol. The van der Waals surface area contributed by atoms with E-state index in [4.69, 9.17) is 4.74 Å². The van der Waals surface area contributed by atoms with Crippen molar-refractivity contribution in [3.63, 3.8) is 0 Å². The molecule has 10 heteroatoms. The lowest BCUT2D eigenvalue weighted by molar-refractivity contribution is -0.118. The number of anilines is 2. The second-order valence-corrected chi connectivity index (χ2v) is 11.5. The molecule has 0 aliphatic carbocycles. The minimum Gasteiger partial charge on any atom is -0.444 e. The smallest absolute Gasteiger partial charge is 0.408 e. The van der Waals surface area contributed by atoms with Crippen LogP contribution in [0.25, 0.3) is 11.1 Å². The van der Waals surface area contributed by atoms with Crippen LogP contribution in [0.5, 0.6) is 0 Å². The molecule has 0 fully saturated rings. The topological polar surface area (TPSA) is 126 Å². The van der Waals surface area contributed by atoms with Gasteiger partial charge in [0.1, 0.15) is 11.6 Å². The lowest BCUT2D eigenvalue weighted by Gasteiger charge is -2.23. The van der Waals surface area contributed by atoms with Crippen LogP contribution in [0.1, 0.15) is 32.0 Å². The average molecular weight is 525 g/mol. The molecule has 0 spiro atoms. The molecule has 3 aromatic rings. The van der Waals surface area contributed by atoms with Crippen LogP contribution in [0.3, 0.4) is 0 Å². The Hall–Kier alpha value is -3.92. The number of ether oxygens (including phenoxy) is 1. The van der Waals surface area contributed by atoms with Gasteiger partial charge in [-0.1, -0.05) is 30.3 Å². The first-order valence-corrected chi connectivity index (χ1v) is 13.6. The highest BCUT2D eigenvalue weighted by Gasteiger charge is 2.25. The van der Waals surface area contributed by atoms with E-state index >= 15 is 0 Å². The van der Waals surface area contributed by atoms with Crippen molar-refractivity contribution >= 4 is 33.4 Å². The maximum atomic E-state index is 13.4. The third-order valence-electron chi connectivity index (χ3n) is 5.02. The van der Waals surface area contributed by atoms with E-state index in [1.165, 1.54) is 6.07 Å². The molecule has 0 radical (unpaired) electrons. The number of benzene rings is 2. The van der Waals surface area contributed by atoms with E-state index in [1.54, 1.807) is 45.2 Å². The van der Waals surface area contributed by atoms with Crippen LogP contribution >= 0.6 is 0 Å². The summed E-state index contributed by atoms with van der Waals surface area (Å²) in [6, 6.07) is 16.9. The molecular weight excluding hydrogens is 492 g/mol. The number of aryl methyl sites for hydroxylation is 1. The minimum absolute atomic E-state index is 0.226. The average Bonchev–Trinajstić information content (AvgIpc) is 2.77. The Labute approximate surface area is 217 Å². The number of nitrogens with zero attached hydrogens (tertiary/aromatic N) is 1. The van der Waals surface area contributed by atoms with Crippen LogP contribution in [0.4, 0.5) is 16.2 Å². The first kappa shape index (κ1) is 27.7. The van der Waals surface area contributed by atoms with E-state index in [0.717, 1.165) is 23.1 Å². The van der Waals surface area contributed by atoms with E-state index in [2.05, 4.69) is 20.3 Å². The molecule has 0 bridgehead atoms. The lowest BCUT2D eigenvalue weighted by Crippen LogP contribution is -2.47. The fourth-order valence-electron chi connectivity index (χ4n) is 3.60. The van der Waals surface area contributed by atoms with Crippen molar-refractivity contribution in [3.8, 4) is 11.1 Å². The highest BCUT2D eigenvalue weighted by molar-refractivity contribution is 7.92. The van der Waals surface area contributed by atoms with Crippen molar-refractivity contribution < 1.29 is 22.7 Å². The van der Waals surface area contributed by atoms with Crippen LogP contribution in [0, 0.1) is 6.92 Å². The Balaban J connectivity index is 1.93. The maximum absolute atomic E-state index is 13.4. The molecule has 0 unspecified atom stereocenters. The third-order valence-corrected chi connectivity index (χ3v) is 5.63. The number of hydrogen-bond donors (Lipinski definition) is 3. The number of carbonyl (C=O) groups excluding carboxylic acids is 2. The van der Waals surface area contributed by atoms with E-state index < -0.39 is 33.7 Å². The SMILES string of the molecule is Cc1cc(-c2cc(NC(=O)[C@H](Cc3ccccc3)NC(=O)OC(C)(C)C)cc(NS(C)(=O)=O)c2)ccn1. The van der Waals surface area contributed by atoms with Gasteiger partial charge in [-0.05, 0) is 74.7 Å². The number of amides is 2. The van der Waals surface area contributed by atoms with Gasteiger partial charge < -0.3 is 15.4 Å². The fourth-order valence-corrected chi connectivity index (χ4v) is 4.15. The Bertz CT molecular complexity index is 1370. The predicted octanol–water partition coefficient (Wildman–Crippen LogP) is 4.50. The van der Waals surface area contributed by atoms with Gasteiger partial charge in [-0.3, -0.25) is 14.5 Å². The number of pyridine rings is 1. The molecule has 0 saturated carbocycles. The van der Waals surface area contributed by atoms with E-state index in [9.17, 15) is 18.0 Å².